The van der Waals surface area contributed by atoms with Crippen LogP contribution in [0.3, 0.4) is 0 Å². The fourth-order valence-electron chi connectivity index (χ4n) is 4.12. The molecule has 0 spiro atoms. The van der Waals surface area contributed by atoms with Gasteiger partial charge in [0.15, 0.2) is 12.4 Å². The number of hydrogen-bond donors (Lipinski definition) is 1. The molecule has 1 aromatic heterocycles. The highest BCUT2D eigenvalue weighted by Gasteiger charge is 2.22. The Balaban J connectivity index is 1.84. The van der Waals surface area contributed by atoms with Gasteiger partial charge in [-0.1, -0.05) is 19.9 Å². The summed E-state index contributed by atoms with van der Waals surface area (Å²) in [7, 11) is 1.53. The van der Waals surface area contributed by atoms with Crippen molar-refractivity contribution in [1.82, 2.24) is 5.32 Å². The van der Waals surface area contributed by atoms with Crippen molar-refractivity contribution >= 4 is 22.7 Å². The van der Waals surface area contributed by atoms with E-state index >= 15 is 0 Å². The van der Waals surface area contributed by atoms with Gasteiger partial charge in [0.25, 0.3) is 5.91 Å². The molecule has 0 bridgehead atoms. The SMILES string of the molecule is CNC(=O)c1c(-c2ccc(F)cc2)oc2ccc(-c3cc(OCC#N)cc(C(=O)CCC(C)C)c3)cc12. The lowest BCUT2D eigenvalue weighted by molar-refractivity contribution is 0.0960. The molecule has 0 saturated heterocycles. The number of carbonyl (C=O) groups excluding carboxylic acids is 2. The average molecular weight is 499 g/mol. The molecule has 3 aromatic carbocycles. The van der Waals surface area contributed by atoms with Gasteiger partial charge >= 0.3 is 0 Å². The number of nitrogens with one attached hydrogen (secondary N) is 1. The number of carbonyl (C=O) groups is 2. The standard InChI is InChI=1S/C30H27FN2O4/c1-18(2)4-10-26(34)22-14-21(15-24(16-22)36-13-12-32)20-7-11-27-25(17-20)28(30(35)33-3)29(37-27)19-5-8-23(31)9-6-19/h5-9,11,14-18H,4,10,13H2,1-3H3,(H,33,35). The Morgan fingerprint density at radius 1 is 1.03 bits per heavy atom. The van der Waals surface area contributed by atoms with E-state index in [4.69, 9.17) is 14.4 Å². The highest BCUT2D eigenvalue weighted by Crippen LogP contribution is 2.37. The Kier molecular flexibility index (Phi) is 7.69. The van der Waals surface area contributed by atoms with Gasteiger partial charge in [0, 0.05) is 30.0 Å². The van der Waals surface area contributed by atoms with Gasteiger partial charge in [0.1, 0.15) is 29.0 Å². The van der Waals surface area contributed by atoms with Crippen LogP contribution in [-0.2, 0) is 0 Å². The molecule has 0 aliphatic heterocycles. The quantitative estimate of drug-likeness (QED) is 0.257. The summed E-state index contributed by atoms with van der Waals surface area (Å²) in [5.74, 6) is 0.404. The minimum Gasteiger partial charge on any atom is -0.479 e. The topological polar surface area (TPSA) is 92.3 Å². The van der Waals surface area contributed by atoms with Gasteiger partial charge in [0.2, 0.25) is 0 Å². The third-order valence-electron chi connectivity index (χ3n) is 6.06. The van der Waals surface area contributed by atoms with Crippen molar-refractivity contribution in [3.63, 3.8) is 0 Å². The second kappa shape index (κ2) is 11.1. The van der Waals surface area contributed by atoms with Gasteiger partial charge in [0.05, 0.1) is 5.56 Å². The molecule has 0 aliphatic rings. The van der Waals surface area contributed by atoms with Gasteiger partial charge in [-0.25, -0.2) is 4.39 Å². The van der Waals surface area contributed by atoms with Crippen LogP contribution in [0.5, 0.6) is 5.75 Å². The smallest absolute Gasteiger partial charge is 0.255 e. The number of nitriles is 1. The van der Waals surface area contributed by atoms with E-state index in [0.717, 1.165) is 12.0 Å². The van der Waals surface area contributed by atoms with Crippen LogP contribution >= 0.6 is 0 Å². The third kappa shape index (κ3) is 5.70. The zero-order valence-electron chi connectivity index (χ0n) is 20.9. The summed E-state index contributed by atoms with van der Waals surface area (Å²) in [5, 5.41) is 12.2. The number of ether oxygens (including phenoxy) is 1. The number of benzene rings is 3. The first-order chi connectivity index (χ1) is 17.8. The minimum atomic E-state index is -0.388. The Labute approximate surface area is 214 Å². The normalized spacial score (nSPS) is 10.9. The van der Waals surface area contributed by atoms with Crippen molar-refractivity contribution in [3.05, 3.63) is 77.6 Å². The van der Waals surface area contributed by atoms with Crippen molar-refractivity contribution in [2.75, 3.05) is 13.7 Å². The highest BCUT2D eigenvalue weighted by molar-refractivity contribution is 6.12. The molecule has 0 atom stereocenters. The van der Waals surface area contributed by atoms with Gasteiger partial charge in [-0.2, -0.15) is 5.26 Å². The Bertz CT molecular complexity index is 1500. The number of halogens is 1. The molecule has 1 heterocycles. The summed E-state index contributed by atoms with van der Waals surface area (Å²) in [6.45, 7) is 3.98. The van der Waals surface area contributed by atoms with Crippen LogP contribution in [0.15, 0.2) is 65.1 Å². The van der Waals surface area contributed by atoms with E-state index in [2.05, 4.69) is 19.2 Å². The van der Waals surface area contributed by atoms with Crippen LogP contribution in [0.4, 0.5) is 4.39 Å². The monoisotopic (exact) mass is 498 g/mol. The third-order valence-corrected chi connectivity index (χ3v) is 6.06. The molecule has 7 heteroatoms. The molecule has 4 rings (SSSR count). The largest absolute Gasteiger partial charge is 0.479 e. The lowest BCUT2D eigenvalue weighted by Gasteiger charge is -2.11. The first-order valence-electron chi connectivity index (χ1n) is 12.0. The molecule has 0 radical (unpaired) electrons. The number of nitrogens with zero attached hydrogens (tertiary/aromatic N) is 1. The zero-order valence-corrected chi connectivity index (χ0v) is 20.9. The van der Waals surface area contributed by atoms with E-state index in [0.29, 0.717) is 57.1 Å². The van der Waals surface area contributed by atoms with Crippen LogP contribution in [0.25, 0.3) is 33.4 Å². The van der Waals surface area contributed by atoms with E-state index in [-0.39, 0.29) is 24.1 Å². The number of hydrogen-bond acceptors (Lipinski definition) is 5. The molecular weight excluding hydrogens is 471 g/mol. The van der Waals surface area contributed by atoms with Crippen molar-refractivity contribution < 1.29 is 23.1 Å². The second-order valence-corrected chi connectivity index (χ2v) is 9.15. The number of furan rings is 1. The predicted octanol–water partition coefficient (Wildman–Crippen LogP) is 6.79. The number of amides is 1. The van der Waals surface area contributed by atoms with E-state index in [9.17, 15) is 14.0 Å². The lowest BCUT2D eigenvalue weighted by atomic mass is 9.96. The zero-order chi connectivity index (χ0) is 26.5. The van der Waals surface area contributed by atoms with Crippen molar-refractivity contribution in [2.45, 2.75) is 26.7 Å². The summed E-state index contributed by atoms with van der Waals surface area (Å²) in [5.41, 5.74) is 3.34. The molecule has 188 valence electrons. The van der Waals surface area contributed by atoms with Crippen molar-refractivity contribution in [2.24, 2.45) is 5.92 Å². The number of rotatable bonds is 9. The molecule has 1 N–H and O–H groups in total. The summed E-state index contributed by atoms with van der Waals surface area (Å²) in [6, 6.07) is 18.3. The van der Waals surface area contributed by atoms with Crippen LogP contribution in [0.1, 0.15) is 47.4 Å². The maximum absolute atomic E-state index is 13.5. The first kappa shape index (κ1) is 25.6. The van der Waals surface area contributed by atoms with Crippen molar-refractivity contribution in [1.29, 1.82) is 5.26 Å². The molecule has 4 aromatic rings. The number of ketones is 1. The number of Topliss-reactive ketones (excluding diaryl/α,β-unsaturated/α-hetero) is 1. The van der Waals surface area contributed by atoms with Crippen LogP contribution in [0.2, 0.25) is 0 Å². The molecule has 0 unspecified atom stereocenters. The summed E-state index contributed by atoms with van der Waals surface area (Å²) in [6.07, 6.45) is 1.17. The molecule has 0 fully saturated rings. The Hall–Kier alpha value is -4.44. The van der Waals surface area contributed by atoms with Crippen LogP contribution in [-0.4, -0.2) is 25.3 Å². The second-order valence-electron chi connectivity index (χ2n) is 9.15. The first-order valence-corrected chi connectivity index (χ1v) is 12.0. The molecule has 0 aliphatic carbocycles. The summed E-state index contributed by atoms with van der Waals surface area (Å²) in [4.78, 5) is 25.8. The minimum absolute atomic E-state index is 0.00797. The molecule has 1 amide bonds. The van der Waals surface area contributed by atoms with Gasteiger partial charge in [-0.05, 0) is 78.1 Å². The maximum atomic E-state index is 13.5. The van der Waals surface area contributed by atoms with Crippen molar-refractivity contribution in [3.8, 4) is 34.3 Å². The fraction of sp³-hybridized carbons (Fsp3) is 0.233. The van der Waals surface area contributed by atoms with Gasteiger partial charge in [-0.3, -0.25) is 9.59 Å². The molecule has 6 nitrogen and oxygen atoms in total. The predicted molar refractivity (Wildman–Crippen MR) is 140 cm³/mol. The Morgan fingerprint density at radius 3 is 2.43 bits per heavy atom. The summed E-state index contributed by atoms with van der Waals surface area (Å²) < 4.78 is 25.1. The van der Waals surface area contributed by atoms with Gasteiger partial charge in [-0.15, -0.1) is 0 Å². The van der Waals surface area contributed by atoms with E-state index < -0.39 is 0 Å². The average Bonchev–Trinajstić information content (AvgIpc) is 3.29. The van der Waals surface area contributed by atoms with E-state index in [1.54, 1.807) is 36.4 Å². The van der Waals surface area contributed by atoms with E-state index in [1.807, 2.05) is 18.2 Å². The Morgan fingerprint density at radius 2 is 1.76 bits per heavy atom. The molecular formula is C30H27FN2O4. The van der Waals surface area contributed by atoms with Crippen LogP contribution in [0, 0.1) is 23.1 Å². The fourth-order valence-corrected chi connectivity index (χ4v) is 4.12. The lowest BCUT2D eigenvalue weighted by Crippen LogP contribution is -2.18. The summed E-state index contributed by atoms with van der Waals surface area (Å²) >= 11 is 0. The highest BCUT2D eigenvalue weighted by atomic mass is 19.1. The number of fused-ring (bicyclic) bond motifs is 1. The van der Waals surface area contributed by atoms with E-state index in [1.165, 1.54) is 19.2 Å². The molecule has 37 heavy (non-hydrogen) atoms. The molecule has 0 saturated carbocycles. The van der Waals surface area contributed by atoms with Gasteiger partial charge < -0.3 is 14.5 Å². The van der Waals surface area contributed by atoms with Crippen LogP contribution < -0.4 is 10.1 Å². The maximum Gasteiger partial charge on any atom is 0.255 e.